The van der Waals surface area contributed by atoms with Gasteiger partial charge in [0.15, 0.2) is 0 Å². The van der Waals surface area contributed by atoms with Crippen molar-refractivity contribution >= 4 is 0 Å². The fourth-order valence-corrected chi connectivity index (χ4v) is 2.16. The Morgan fingerprint density at radius 3 is 2.59 bits per heavy atom. The van der Waals surface area contributed by atoms with Gasteiger partial charge >= 0.3 is 0 Å². The van der Waals surface area contributed by atoms with Gasteiger partial charge in [-0.05, 0) is 43.9 Å². The van der Waals surface area contributed by atoms with Crippen LogP contribution in [0.3, 0.4) is 0 Å². The summed E-state index contributed by atoms with van der Waals surface area (Å²) in [4.78, 5) is 0. The summed E-state index contributed by atoms with van der Waals surface area (Å²) < 4.78 is 0. The molecule has 2 N–H and O–H groups in total. The van der Waals surface area contributed by atoms with E-state index in [9.17, 15) is 0 Å². The molecule has 2 atom stereocenters. The van der Waals surface area contributed by atoms with E-state index in [0.29, 0.717) is 18.6 Å². The Balaban J connectivity index is 2.49. The maximum Gasteiger partial charge on any atom is 0.0434 e. The second-order valence-corrected chi connectivity index (χ2v) is 4.77. The van der Waals surface area contributed by atoms with Gasteiger partial charge in [-0.15, -0.1) is 0 Å². The standard InChI is InChI=1S/C15H25NO/c1-4-14(9-10-17)11-16-13(3)15-8-6-5-7-12(15)2/h5-8,13-14,16-17H,4,9-11H2,1-3H3. The molecule has 0 aliphatic heterocycles. The average Bonchev–Trinajstić information content (AvgIpc) is 2.34. The Bertz CT molecular complexity index is 324. The van der Waals surface area contributed by atoms with Crippen LogP contribution in [0.15, 0.2) is 24.3 Å². The third kappa shape index (κ3) is 4.49. The highest BCUT2D eigenvalue weighted by Crippen LogP contribution is 2.17. The predicted octanol–water partition coefficient (Wildman–Crippen LogP) is 3.05. The van der Waals surface area contributed by atoms with Crippen molar-refractivity contribution in [1.82, 2.24) is 5.32 Å². The largest absolute Gasteiger partial charge is 0.396 e. The second-order valence-electron chi connectivity index (χ2n) is 4.77. The molecule has 0 heterocycles. The minimum atomic E-state index is 0.291. The van der Waals surface area contributed by atoms with Gasteiger partial charge in [0.2, 0.25) is 0 Å². The lowest BCUT2D eigenvalue weighted by atomic mass is 10.00. The molecule has 1 aromatic rings. The van der Waals surface area contributed by atoms with Crippen molar-refractivity contribution in [2.24, 2.45) is 5.92 Å². The Labute approximate surface area is 105 Å². The number of nitrogens with one attached hydrogen (secondary N) is 1. The van der Waals surface area contributed by atoms with Crippen molar-refractivity contribution in [3.05, 3.63) is 35.4 Å². The van der Waals surface area contributed by atoms with Gasteiger partial charge in [0.05, 0.1) is 0 Å². The molecule has 2 heteroatoms. The fraction of sp³-hybridized carbons (Fsp3) is 0.600. The van der Waals surface area contributed by atoms with Crippen molar-refractivity contribution in [2.45, 2.75) is 39.7 Å². The van der Waals surface area contributed by atoms with Crippen LogP contribution in [0.5, 0.6) is 0 Å². The molecule has 0 aromatic heterocycles. The molecular weight excluding hydrogens is 210 g/mol. The Morgan fingerprint density at radius 2 is 2.00 bits per heavy atom. The van der Waals surface area contributed by atoms with E-state index in [0.717, 1.165) is 19.4 Å². The van der Waals surface area contributed by atoms with Crippen LogP contribution in [0.2, 0.25) is 0 Å². The molecule has 2 unspecified atom stereocenters. The van der Waals surface area contributed by atoms with Crippen LogP contribution in [-0.4, -0.2) is 18.3 Å². The molecule has 1 rings (SSSR count). The first-order chi connectivity index (χ1) is 8.19. The number of aryl methyl sites for hydroxylation is 1. The van der Waals surface area contributed by atoms with Crippen LogP contribution in [0.25, 0.3) is 0 Å². The number of aliphatic hydroxyl groups is 1. The quantitative estimate of drug-likeness (QED) is 0.761. The molecule has 0 aliphatic carbocycles. The summed E-state index contributed by atoms with van der Waals surface area (Å²) in [5.41, 5.74) is 2.70. The number of rotatable bonds is 7. The third-order valence-corrected chi connectivity index (χ3v) is 3.48. The van der Waals surface area contributed by atoms with Crippen molar-refractivity contribution < 1.29 is 5.11 Å². The van der Waals surface area contributed by atoms with E-state index in [4.69, 9.17) is 5.11 Å². The van der Waals surface area contributed by atoms with Crippen molar-refractivity contribution in [3.63, 3.8) is 0 Å². The smallest absolute Gasteiger partial charge is 0.0434 e. The molecule has 0 saturated carbocycles. The number of hydrogen-bond donors (Lipinski definition) is 2. The van der Waals surface area contributed by atoms with Crippen LogP contribution < -0.4 is 5.32 Å². The predicted molar refractivity (Wildman–Crippen MR) is 73.1 cm³/mol. The lowest BCUT2D eigenvalue weighted by Crippen LogP contribution is -2.26. The summed E-state index contributed by atoms with van der Waals surface area (Å²) >= 11 is 0. The summed E-state index contributed by atoms with van der Waals surface area (Å²) in [5, 5.41) is 12.5. The normalized spacial score (nSPS) is 14.6. The number of benzene rings is 1. The first kappa shape index (κ1) is 14.2. The van der Waals surface area contributed by atoms with Crippen molar-refractivity contribution in [1.29, 1.82) is 0 Å². The zero-order chi connectivity index (χ0) is 12.7. The van der Waals surface area contributed by atoms with Crippen LogP contribution in [0.1, 0.15) is 43.9 Å². The lowest BCUT2D eigenvalue weighted by Gasteiger charge is -2.20. The van der Waals surface area contributed by atoms with Crippen molar-refractivity contribution in [3.8, 4) is 0 Å². The van der Waals surface area contributed by atoms with E-state index < -0.39 is 0 Å². The highest BCUT2D eigenvalue weighted by molar-refractivity contribution is 5.28. The molecule has 0 aliphatic rings. The highest BCUT2D eigenvalue weighted by atomic mass is 16.3. The van der Waals surface area contributed by atoms with Crippen molar-refractivity contribution in [2.75, 3.05) is 13.2 Å². The minimum absolute atomic E-state index is 0.291. The molecule has 0 saturated heterocycles. The Kier molecular flexibility index (Phi) is 6.23. The minimum Gasteiger partial charge on any atom is -0.396 e. The first-order valence-electron chi connectivity index (χ1n) is 6.58. The van der Waals surface area contributed by atoms with E-state index >= 15 is 0 Å². The molecule has 0 spiro atoms. The van der Waals surface area contributed by atoms with E-state index in [-0.39, 0.29) is 0 Å². The summed E-state index contributed by atoms with van der Waals surface area (Å²) in [5.74, 6) is 0.575. The van der Waals surface area contributed by atoms with E-state index in [1.807, 2.05) is 0 Å². The second kappa shape index (κ2) is 7.46. The fourth-order valence-electron chi connectivity index (χ4n) is 2.16. The molecule has 0 amide bonds. The summed E-state index contributed by atoms with van der Waals surface area (Å²) in [7, 11) is 0. The molecule has 17 heavy (non-hydrogen) atoms. The van der Waals surface area contributed by atoms with Crippen LogP contribution >= 0.6 is 0 Å². The van der Waals surface area contributed by atoms with E-state index in [1.165, 1.54) is 11.1 Å². The molecule has 0 fully saturated rings. The summed E-state index contributed by atoms with van der Waals surface area (Å²) in [6.07, 6.45) is 2.01. The maximum atomic E-state index is 8.97. The zero-order valence-electron chi connectivity index (χ0n) is 11.2. The summed E-state index contributed by atoms with van der Waals surface area (Å²) in [6, 6.07) is 8.87. The number of hydrogen-bond acceptors (Lipinski definition) is 2. The van der Waals surface area contributed by atoms with Gasteiger partial charge < -0.3 is 10.4 Å². The highest BCUT2D eigenvalue weighted by Gasteiger charge is 2.10. The molecule has 0 radical (unpaired) electrons. The Morgan fingerprint density at radius 1 is 1.29 bits per heavy atom. The average molecular weight is 235 g/mol. The molecular formula is C15H25NO. The number of aliphatic hydroxyl groups excluding tert-OH is 1. The van der Waals surface area contributed by atoms with Gasteiger partial charge in [0.1, 0.15) is 0 Å². The van der Waals surface area contributed by atoms with Crippen LogP contribution in [0.4, 0.5) is 0 Å². The topological polar surface area (TPSA) is 32.3 Å². The van der Waals surface area contributed by atoms with Crippen LogP contribution in [0, 0.1) is 12.8 Å². The van der Waals surface area contributed by atoms with Gasteiger partial charge in [0, 0.05) is 12.6 Å². The molecule has 2 nitrogen and oxygen atoms in total. The van der Waals surface area contributed by atoms with Gasteiger partial charge in [0.25, 0.3) is 0 Å². The van der Waals surface area contributed by atoms with E-state index in [1.54, 1.807) is 0 Å². The van der Waals surface area contributed by atoms with E-state index in [2.05, 4.69) is 50.4 Å². The molecule has 1 aromatic carbocycles. The monoisotopic (exact) mass is 235 g/mol. The molecule has 0 bridgehead atoms. The summed E-state index contributed by atoms with van der Waals surface area (Å²) in [6.45, 7) is 7.80. The van der Waals surface area contributed by atoms with Gasteiger partial charge in [-0.25, -0.2) is 0 Å². The Hall–Kier alpha value is -0.860. The maximum absolute atomic E-state index is 8.97. The van der Waals surface area contributed by atoms with Gasteiger partial charge in [-0.2, -0.15) is 0 Å². The molecule has 96 valence electrons. The third-order valence-electron chi connectivity index (χ3n) is 3.48. The zero-order valence-corrected chi connectivity index (χ0v) is 11.2. The van der Waals surface area contributed by atoms with Gasteiger partial charge in [-0.3, -0.25) is 0 Å². The SMILES string of the molecule is CCC(CCO)CNC(C)c1ccccc1C. The van der Waals surface area contributed by atoms with Crippen LogP contribution in [-0.2, 0) is 0 Å². The van der Waals surface area contributed by atoms with Gasteiger partial charge in [-0.1, -0.05) is 37.6 Å². The lowest BCUT2D eigenvalue weighted by molar-refractivity contribution is 0.249. The first-order valence-corrected chi connectivity index (χ1v) is 6.58.